The van der Waals surface area contributed by atoms with E-state index in [0.717, 1.165) is 12.0 Å². The van der Waals surface area contributed by atoms with Crippen molar-refractivity contribution in [2.45, 2.75) is 32.7 Å². The summed E-state index contributed by atoms with van der Waals surface area (Å²) >= 11 is 0. The molecular weight excluding hydrogens is 148 g/mol. The highest BCUT2D eigenvalue weighted by atomic mass is 15.2. The lowest BCUT2D eigenvalue weighted by Crippen LogP contribution is -2.34. The van der Waals surface area contributed by atoms with Crippen LogP contribution in [-0.2, 0) is 0 Å². The molecule has 2 heteroatoms. The second-order valence-electron chi connectivity index (χ2n) is 4.17. The molecule has 0 saturated carbocycles. The Bertz CT molecular complexity index is 125. The zero-order valence-electron chi connectivity index (χ0n) is 8.64. The number of hydrogen-bond acceptors (Lipinski definition) is 2. The van der Waals surface area contributed by atoms with Crippen LogP contribution >= 0.6 is 0 Å². The highest BCUT2D eigenvalue weighted by Crippen LogP contribution is 2.07. The van der Waals surface area contributed by atoms with Crippen molar-refractivity contribution in [1.82, 2.24) is 10.2 Å². The second kappa shape index (κ2) is 4.83. The van der Waals surface area contributed by atoms with Crippen LogP contribution in [0.1, 0.15) is 26.7 Å². The van der Waals surface area contributed by atoms with Gasteiger partial charge in [0, 0.05) is 12.6 Å². The normalized spacial score (nSPS) is 27.8. The number of nitrogens with zero attached hydrogens (tertiary/aromatic N) is 1. The van der Waals surface area contributed by atoms with Gasteiger partial charge in [0.2, 0.25) is 0 Å². The summed E-state index contributed by atoms with van der Waals surface area (Å²) < 4.78 is 0. The van der Waals surface area contributed by atoms with E-state index >= 15 is 0 Å². The molecule has 0 aromatic heterocycles. The Morgan fingerprint density at radius 3 is 2.83 bits per heavy atom. The molecule has 2 nitrogen and oxygen atoms in total. The second-order valence-corrected chi connectivity index (χ2v) is 4.17. The number of likely N-dealkylation sites (tertiary alicyclic amines) is 1. The highest BCUT2D eigenvalue weighted by molar-refractivity contribution is 4.79. The lowest BCUT2D eigenvalue weighted by atomic mass is 10.1. The van der Waals surface area contributed by atoms with Gasteiger partial charge in [-0.3, -0.25) is 0 Å². The minimum Gasteiger partial charge on any atom is -0.312 e. The van der Waals surface area contributed by atoms with Crippen LogP contribution in [0.4, 0.5) is 0 Å². The van der Waals surface area contributed by atoms with Gasteiger partial charge in [-0.05, 0) is 32.5 Å². The molecule has 0 aromatic rings. The minimum atomic E-state index is 0.754. The number of hydrogen-bond donors (Lipinski definition) is 1. The summed E-state index contributed by atoms with van der Waals surface area (Å²) in [6, 6.07) is 0.754. The Labute approximate surface area is 76.3 Å². The van der Waals surface area contributed by atoms with E-state index in [-0.39, 0.29) is 0 Å². The molecular formula is C10H22N2. The summed E-state index contributed by atoms with van der Waals surface area (Å²) in [6.07, 6.45) is 2.61. The third-order valence-electron chi connectivity index (χ3n) is 2.84. The minimum absolute atomic E-state index is 0.754. The van der Waals surface area contributed by atoms with Gasteiger partial charge in [-0.2, -0.15) is 0 Å². The third kappa shape index (κ3) is 3.11. The Balaban J connectivity index is 2.07. The van der Waals surface area contributed by atoms with Gasteiger partial charge in [-0.15, -0.1) is 0 Å². The smallest absolute Gasteiger partial charge is 0.0207 e. The van der Waals surface area contributed by atoms with Crippen molar-refractivity contribution in [3.63, 3.8) is 0 Å². The first-order valence-corrected chi connectivity index (χ1v) is 5.14. The van der Waals surface area contributed by atoms with Crippen molar-refractivity contribution in [3.05, 3.63) is 0 Å². The molecule has 0 bridgehead atoms. The zero-order chi connectivity index (χ0) is 8.97. The molecule has 0 aromatic carbocycles. The average Bonchev–Trinajstić information content (AvgIpc) is 2.47. The maximum Gasteiger partial charge on any atom is 0.0207 e. The van der Waals surface area contributed by atoms with Crippen molar-refractivity contribution in [3.8, 4) is 0 Å². The van der Waals surface area contributed by atoms with Gasteiger partial charge in [0.1, 0.15) is 0 Å². The predicted octanol–water partition coefficient (Wildman–Crippen LogP) is 1.33. The molecule has 72 valence electrons. The van der Waals surface area contributed by atoms with E-state index in [1.54, 1.807) is 0 Å². The van der Waals surface area contributed by atoms with Crippen LogP contribution in [0.15, 0.2) is 0 Å². The summed E-state index contributed by atoms with van der Waals surface area (Å²) in [4.78, 5) is 2.40. The van der Waals surface area contributed by atoms with Gasteiger partial charge in [0.15, 0.2) is 0 Å². The van der Waals surface area contributed by atoms with Crippen molar-refractivity contribution in [2.75, 3.05) is 26.7 Å². The van der Waals surface area contributed by atoms with Crippen LogP contribution in [0.5, 0.6) is 0 Å². The fraction of sp³-hybridized carbons (Fsp3) is 1.00. The highest BCUT2D eigenvalue weighted by Gasteiger charge is 2.18. The monoisotopic (exact) mass is 170 g/mol. The summed E-state index contributed by atoms with van der Waals surface area (Å²) in [5, 5.41) is 3.62. The van der Waals surface area contributed by atoms with E-state index in [2.05, 4.69) is 31.1 Å². The Morgan fingerprint density at radius 2 is 2.33 bits per heavy atom. The largest absolute Gasteiger partial charge is 0.312 e. The zero-order valence-corrected chi connectivity index (χ0v) is 8.64. The average molecular weight is 170 g/mol. The van der Waals surface area contributed by atoms with Crippen molar-refractivity contribution in [1.29, 1.82) is 0 Å². The van der Waals surface area contributed by atoms with Gasteiger partial charge in [-0.25, -0.2) is 0 Å². The molecule has 2 atom stereocenters. The first kappa shape index (κ1) is 10.0. The summed E-state index contributed by atoms with van der Waals surface area (Å²) in [6.45, 7) is 8.25. The Kier molecular flexibility index (Phi) is 4.02. The third-order valence-corrected chi connectivity index (χ3v) is 2.84. The van der Waals surface area contributed by atoms with Gasteiger partial charge < -0.3 is 10.2 Å². The molecule has 0 radical (unpaired) electrons. The summed E-state index contributed by atoms with van der Waals surface area (Å²) in [7, 11) is 2.20. The van der Waals surface area contributed by atoms with Crippen molar-refractivity contribution >= 4 is 0 Å². The molecule has 0 spiro atoms. The Morgan fingerprint density at radius 1 is 1.58 bits per heavy atom. The van der Waals surface area contributed by atoms with Crippen LogP contribution in [0, 0.1) is 5.92 Å². The van der Waals surface area contributed by atoms with Gasteiger partial charge >= 0.3 is 0 Å². The van der Waals surface area contributed by atoms with Crippen LogP contribution in [0.3, 0.4) is 0 Å². The fourth-order valence-corrected chi connectivity index (χ4v) is 1.61. The molecule has 0 amide bonds. The summed E-state index contributed by atoms with van der Waals surface area (Å²) in [5.41, 5.74) is 0. The fourth-order valence-electron chi connectivity index (χ4n) is 1.61. The topological polar surface area (TPSA) is 15.3 Å². The standard InChI is InChI=1S/C10H22N2/c1-4-9(2)7-11-10-5-6-12(3)8-10/h9-11H,4-8H2,1-3H3/t9-,10-/m0/s1. The van der Waals surface area contributed by atoms with E-state index in [1.165, 1.54) is 32.5 Å². The molecule has 1 aliphatic rings. The molecule has 0 aliphatic carbocycles. The van der Waals surface area contributed by atoms with Gasteiger partial charge in [0.25, 0.3) is 0 Å². The predicted molar refractivity (Wildman–Crippen MR) is 53.4 cm³/mol. The molecule has 12 heavy (non-hydrogen) atoms. The van der Waals surface area contributed by atoms with E-state index in [9.17, 15) is 0 Å². The molecule has 0 unspecified atom stereocenters. The van der Waals surface area contributed by atoms with Crippen molar-refractivity contribution in [2.24, 2.45) is 5.92 Å². The molecule has 1 aliphatic heterocycles. The lowest BCUT2D eigenvalue weighted by Gasteiger charge is -2.15. The maximum atomic E-state index is 3.62. The van der Waals surface area contributed by atoms with Gasteiger partial charge in [0.05, 0.1) is 0 Å². The molecule has 1 N–H and O–H groups in total. The maximum absolute atomic E-state index is 3.62. The van der Waals surface area contributed by atoms with E-state index in [4.69, 9.17) is 0 Å². The number of likely N-dealkylation sites (N-methyl/N-ethyl adjacent to an activating group) is 1. The van der Waals surface area contributed by atoms with Crippen LogP contribution in [0.2, 0.25) is 0 Å². The molecule has 1 rings (SSSR count). The number of nitrogens with one attached hydrogen (secondary N) is 1. The quantitative estimate of drug-likeness (QED) is 0.684. The van der Waals surface area contributed by atoms with Crippen LogP contribution in [-0.4, -0.2) is 37.6 Å². The molecule has 1 heterocycles. The number of rotatable bonds is 4. The van der Waals surface area contributed by atoms with E-state index in [0.29, 0.717) is 0 Å². The van der Waals surface area contributed by atoms with Crippen molar-refractivity contribution < 1.29 is 0 Å². The van der Waals surface area contributed by atoms with E-state index < -0.39 is 0 Å². The first-order chi connectivity index (χ1) is 5.72. The Hall–Kier alpha value is -0.0800. The first-order valence-electron chi connectivity index (χ1n) is 5.14. The SMILES string of the molecule is CC[C@H](C)CN[C@H]1CCN(C)C1. The van der Waals surface area contributed by atoms with E-state index in [1.807, 2.05) is 0 Å². The lowest BCUT2D eigenvalue weighted by molar-refractivity contribution is 0.386. The summed E-state index contributed by atoms with van der Waals surface area (Å²) in [5.74, 6) is 0.830. The van der Waals surface area contributed by atoms with Gasteiger partial charge in [-0.1, -0.05) is 20.3 Å². The molecule has 1 fully saturated rings. The molecule has 1 saturated heterocycles. The van der Waals surface area contributed by atoms with Crippen LogP contribution < -0.4 is 5.32 Å². The van der Waals surface area contributed by atoms with Crippen LogP contribution in [0.25, 0.3) is 0 Å².